The van der Waals surface area contributed by atoms with E-state index < -0.39 is 0 Å². The highest BCUT2D eigenvalue weighted by molar-refractivity contribution is 14.1. The summed E-state index contributed by atoms with van der Waals surface area (Å²) >= 11 is 11.7. The molecule has 0 aromatic heterocycles. The van der Waals surface area contributed by atoms with E-state index in [1.165, 1.54) is 18.3 Å². The number of benzene rings is 2. The van der Waals surface area contributed by atoms with E-state index in [1.54, 1.807) is 0 Å². The van der Waals surface area contributed by atoms with Crippen molar-refractivity contribution in [2.24, 2.45) is 0 Å². The van der Waals surface area contributed by atoms with Crippen molar-refractivity contribution in [2.45, 2.75) is 0 Å². The molecule has 0 aliphatic heterocycles. The third kappa shape index (κ3) is 4.05. The SMILES string of the molecule is Brc1ccc(/C=C/c2ccc(Br)cc2I)c(I)c1. The summed E-state index contributed by atoms with van der Waals surface area (Å²) in [5, 5.41) is 0. The van der Waals surface area contributed by atoms with Gasteiger partial charge in [-0.15, -0.1) is 0 Å². The zero-order chi connectivity index (χ0) is 13.1. The van der Waals surface area contributed by atoms with Gasteiger partial charge in [-0.3, -0.25) is 0 Å². The number of hydrogen-bond acceptors (Lipinski definition) is 0. The molecule has 0 aliphatic rings. The van der Waals surface area contributed by atoms with Crippen LogP contribution in [0.25, 0.3) is 12.2 Å². The van der Waals surface area contributed by atoms with Crippen molar-refractivity contribution in [1.82, 2.24) is 0 Å². The van der Waals surface area contributed by atoms with Gasteiger partial charge < -0.3 is 0 Å². The molecule has 0 aliphatic carbocycles. The molecule has 18 heavy (non-hydrogen) atoms. The summed E-state index contributed by atoms with van der Waals surface area (Å²) in [6.45, 7) is 0. The van der Waals surface area contributed by atoms with E-state index in [0.717, 1.165) is 8.95 Å². The van der Waals surface area contributed by atoms with Gasteiger partial charge in [0.1, 0.15) is 0 Å². The fourth-order valence-electron chi connectivity index (χ4n) is 1.45. The molecule has 4 heteroatoms. The highest BCUT2D eigenvalue weighted by Gasteiger charge is 1.99. The second-order valence-electron chi connectivity index (χ2n) is 3.67. The van der Waals surface area contributed by atoms with Crippen LogP contribution in [0.2, 0.25) is 0 Å². The molecule has 0 bridgehead atoms. The van der Waals surface area contributed by atoms with Crippen LogP contribution in [-0.2, 0) is 0 Å². The molecule has 0 nitrogen and oxygen atoms in total. The van der Waals surface area contributed by atoms with Crippen molar-refractivity contribution in [1.29, 1.82) is 0 Å². The molecule has 0 amide bonds. The van der Waals surface area contributed by atoms with Gasteiger partial charge in [0.2, 0.25) is 0 Å². The molecule has 92 valence electrons. The summed E-state index contributed by atoms with van der Waals surface area (Å²) in [6, 6.07) is 12.6. The molecule has 0 fully saturated rings. The van der Waals surface area contributed by atoms with Crippen molar-refractivity contribution in [2.75, 3.05) is 0 Å². The molecule has 0 heterocycles. The monoisotopic (exact) mass is 588 g/mol. The number of hydrogen-bond donors (Lipinski definition) is 0. The van der Waals surface area contributed by atoms with Crippen molar-refractivity contribution < 1.29 is 0 Å². The van der Waals surface area contributed by atoms with Gasteiger partial charge >= 0.3 is 0 Å². The molecule has 2 rings (SSSR count). The summed E-state index contributed by atoms with van der Waals surface area (Å²) in [7, 11) is 0. The van der Waals surface area contributed by atoms with Gasteiger partial charge in [-0.05, 0) is 80.6 Å². The minimum atomic E-state index is 1.11. The Morgan fingerprint density at radius 1 is 0.722 bits per heavy atom. The summed E-state index contributed by atoms with van der Waals surface area (Å²) < 4.78 is 4.71. The molecule has 0 N–H and O–H groups in total. The van der Waals surface area contributed by atoms with Gasteiger partial charge in [0.05, 0.1) is 0 Å². The summed E-state index contributed by atoms with van der Waals surface area (Å²) in [5.74, 6) is 0. The van der Waals surface area contributed by atoms with Crippen LogP contribution in [0.5, 0.6) is 0 Å². The van der Waals surface area contributed by atoms with Crippen LogP contribution < -0.4 is 0 Å². The lowest BCUT2D eigenvalue weighted by Gasteiger charge is -2.01. The molecular weight excluding hydrogens is 582 g/mol. The van der Waals surface area contributed by atoms with E-state index in [0.29, 0.717) is 0 Å². The van der Waals surface area contributed by atoms with E-state index >= 15 is 0 Å². The van der Waals surface area contributed by atoms with E-state index in [9.17, 15) is 0 Å². The number of rotatable bonds is 2. The summed E-state index contributed by atoms with van der Waals surface area (Å²) in [5.41, 5.74) is 2.47. The van der Waals surface area contributed by atoms with Crippen LogP contribution in [-0.4, -0.2) is 0 Å². The Kier molecular flexibility index (Phi) is 5.71. The molecule has 0 saturated carbocycles. The van der Waals surface area contributed by atoms with Gasteiger partial charge in [0, 0.05) is 16.1 Å². The fraction of sp³-hybridized carbons (Fsp3) is 0. The maximum absolute atomic E-state index is 3.48. The first-order valence-corrected chi connectivity index (χ1v) is 8.89. The van der Waals surface area contributed by atoms with Crippen LogP contribution in [0.4, 0.5) is 0 Å². The fourth-order valence-corrected chi connectivity index (χ4v) is 4.42. The minimum absolute atomic E-state index is 1.11. The van der Waals surface area contributed by atoms with Crippen LogP contribution in [0.1, 0.15) is 11.1 Å². The normalized spacial score (nSPS) is 11.1. The Morgan fingerprint density at radius 2 is 1.11 bits per heavy atom. The molecule has 0 unspecified atom stereocenters. The first-order chi connectivity index (χ1) is 8.56. The topological polar surface area (TPSA) is 0 Å². The Labute approximate surface area is 151 Å². The second kappa shape index (κ2) is 6.85. The average Bonchev–Trinajstić information content (AvgIpc) is 2.30. The van der Waals surface area contributed by atoms with Gasteiger partial charge in [-0.25, -0.2) is 0 Å². The third-order valence-corrected chi connectivity index (χ3v) is 5.22. The van der Waals surface area contributed by atoms with Crippen LogP contribution in [0, 0.1) is 7.14 Å². The second-order valence-corrected chi connectivity index (χ2v) is 7.82. The predicted octanol–water partition coefficient (Wildman–Crippen LogP) is 6.59. The van der Waals surface area contributed by atoms with Gasteiger partial charge in [-0.1, -0.05) is 56.1 Å². The molecule has 0 atom stereocenters. The van der Waals surface area contributed by atoms with E-state index in [-0.39, 0.29) is 0 Å². The Hall–Kier alpha value is 0.600. The van der Waals surface area contributed by atoms with Crippen molar-refractivity contribution in [3.05, 3.63) is 63.6 Å². The van der Waals surface area contributed by atoms with Crippen molar-refractivity contribution in [3.63, 3.8) is 0 Å². The number of halogens is 4. The maximum atomic E-state index is 3.48. The molecule has 0 saturated heterocycles. The molecule has 0 spiro atoms. The maximum Gasteiger partial charge on any atom is 0.0213 e. The molecule has 0 radical (unpaired) electrons. The van der Waals surface area contributed by atoms with E-state index in [1.807, 2.05) is 0 Å². The third-order valence-electron chi connectivity index (χ3n) is 2.37. The zero-order valence-electron chi connectivity index (χ0n) is 9.13. The largest absolute Gasteiger partial charge is 0.0533 e. The van der Waals surface area contributed by atoms with Crippen molar-refractivity contribution >= 4 is 89.2 Å². The van der Waals surface area contributed by atoms with Gasteiger partial charge in [0.15, 0.2) is 0 Å². The lowest BCUT2D eigenvalue weighted by molar-refractivity contribution is 1.54. The van der Waals surface area contributed by atoms with E-state index in [2.05, 4.69) is 126 Å². The Balaban J connectivity index is 2.30. The summed E-state index contributed by atoms with van der Waals surface area (Å²) in [4.78, 5) is 0. The standard InChI is InChI=1S/C14H8Br2I2/c15-11-5-3-9(13(17)7-11)1-2-10-4-6-12(16)8-14(10)18/h1-8H/b2-1+. The average molecular weight is 590 g/mol. The molecule has 2 aromatic carbocycles. The zero-order valence-corrected chi connectivity index (χ0v) is 16.6. The first-order valence-electron chi connectivity index (χ1n) is 5.14. The van der Waals surface area contributed by atoms with Crippen LogP contribution >= 0.6 is 77.0 Å². The van der Waals surface area contributed by atoms with Crippen LogP contribution in [0.15, 0.2) is 45.3 Å². The first kappa shape index (κ1) is 15.0. The lowest BCUT2D eigenvalue weighted by Crippen LogP contribution is -1.82. The van der Waals surface area contributed by atoms with Crippen LogP contribution in [0.3, 0.4) is 0 Å². The smallest absolute Gasteiger partial charge is 0.0213 e. The van der Waals surface area contributed by atoms with E-state index in [4.69, 9.17) is 0 Å². The highest BCUT2D eigenvalue weighted by atomic mass is 127. The Bertz CT molecular complexity index is 553. The lowest BCUT2D eigenvalue weighted by atomic mass is 10.1. The van der Waals surface area contributed by atoms with Crippen molar-refractivity contribution in [3.8, 4) is 0 Å². The summed E-state index contributed by atoms with van der Waals surface area (Å²) in [6.07, 6.45) is 4.30. The Morgan fingerprint density at radius 3 is 1.44 bits per heavy atom. The minimum Gasteiger partial charge on any atom is -0.0533 e. The molecular formula is C14H8Br2I2. The quantitative estimate of drug-likeness (QED) is 0.274. The highest BCUT2D eigenvalue weighted by Crippen LogP contribution is 2.23. The van der Waals surface area contributed by atoms with Gasteiger partial charge in [0.25, 0.3) is 0 Å². The molecule has 2 aromatic rings. The van der Waals surface area contributed by atoms with Gasteiger partial charge in [-0.2, -0.15) is 0 Å². The predicted molar refractivity (Wildman–Crippen MR) is 103 cm³/mol.